The highest BCUT2D eigenvalue weighted by Gasteiger charge is 2.20. The van der Waals surface area contributed by atoms with Crippen molar-refractivity contribution in [3.8, 4) is 17.5 Å². The smallest absolute Gasteiger partial charge is 0.151 e. The van der Waals surface area contributed by atoms with Crippen molar-refractivity contribution in [3.05, 3.63) is 71.3 Å². The second-order valence-corrected chi connectivity index (χ2v) is 6.10. The summed E-state index contributed by atoms with van der Waals surface area (Å²) in [6.45, 7) is 3.20. The first-order valence-corrected chi connectivity index (χ1v) is 8.12. The molecular weight excluding hydrogens is 317 g/mol. The maximum atomic E-state index is 13.9. The third-order valence-electron chi connectivity index (χ3n) is 4.37. The summed E-state index contributed by atoms with van der Waals surface area (Å²) in [4.78, 5) is 6.42. The minimum atomic E-state index is -0.354. The molecule has 0 saturated heterocycles. The molecule has 25 heavy (non-hydrogen) atoms. The molecule has 0 bridgehead atoms. The van der Waals surface area contributed by atoms with Gasteiger partial charge in [-0.2, -0.15) is 10.4 Å². The monoisotopic (exact) mass is 333 g/mol. The Morgan fingerprint density at radius 2 is 2.00 bits per heavy atom. The first-order chi connectivity index (χ1) is 12.2. The summed E-state index contributed by atoms with van der Waals surface area (Å²) < 4.78 is 15.9. The van der Waals surface area contributed by atoms with E-state index in [-0.39, 0.29) is 5.82 Å². The van der Waals surface area contributed by atoms with E-state index in [0.717, 1.165) is 31.9 Å². The van der Waals surface area contributed by atoms with Crippen LogP contribution in [0.3, 0.4) is 0 Å². The summed E-state index contributed by atoms with van der Waals surface area (Å²) in [6, 6.07) is 14.7. The van der Waals surface area contributed by atoms with Gasteiger partial charge in [0.2, 0.25) is 0 Å². The Morgan fingerprint density at radius 1 is 1.16 bits per heavy atom. The van der Waals surface area contributed by atoms with Crippen LogP contribution >= 0.6 is 0 Å². The molecule has 0 radical (unpaired) electrons. The fraction of sp³-hybridized carbons (Fsp3) is 0.211. The second-order valence-electron chi connectivity index (χ2n) is 6.10. The van der Waals surface area contributed by atoms with Crippen LogP contribution in [-0.2, 0) is 19.6 Å². The topological polar surface area (TPSA) is 57.7 Å². The number of rotatable bonds is 3. The van der Waals surface area contributed by atoms with Gasteiger partial charge in [-0.3, -0.25) is 14.6 Å². The number of halogens is 1. The second kappa shape index (κ2) is 6.46. The molecule has 0 N–H and O–H groups in total. The number of hydrogen-bond donors (Lipinski definition) is 0. The lowest BCUT2D eigenvalue weighted by molar-refractivity contribution is 0.205. The summed E-state index contributed by atoms with van der Waals surface area (Å²) in [5.41, 5.74) is 3.77. The van der Waals surface area contributed by atoms with Crippen molar-refractivity contribution in [2.24, 2.45) is 0 Å². The molecule has 0 spiro atoms. The van der Waals surface area contributed by atoms with Gasteiger partial charge in [0.15, 0.2) is 5.82 Å². The molecule has 124 valence electrons. The lowest BCUT2D eigenvalue weighted by Crippen LogP contribution is -2.33. The van der Waals surface area contributed by atoms with E-state index in [0.29, 0.717) is 17.0 Å². The maximum Gasteiger partial charge on any atom is 0.151 e. The zero-order valence-electron chi connectivity index (χ0n) is 13.6. The van der Waals surface area contributed by atoms with Gasteiger partial charge in [-0.05, 0) is 35.9 Å². The highest BCUT2D eigenvalue weighted by Crippen LogP contribution is 2.23. The van der Waals surface area contributed by atoms with Gasteiger partial charge in [0.1, 0.15) is 11.4 Å². The molecule has 0 amide bonds. The molecule has 3 heterocycles. The number of pyridine rings is 1. The van der Waals surface area contributed by atoms with E-state index in [1.165, 1.54) is 11.6 Å². The molecule has 0 unspecified atom stereocenters. The number of nitrogens with zero attached hydrogens (tertiary/aromatic N) is 5. The quantitative estimate of drug-likeness (QED) is 0.739. The van der Waals surface area contributed by atoms with E-state index in [4.69, 9.17) is 5.26 Å². The van der Waals surface area contributed by atoms with Crippen LogP contribution in [0.15, 0.2) is 48.7 Å². The van der Waals surface area contributed by atoms with Crippen molar-refractivity contribution in [1.82, 2.24) is 19.7 Å². The Bertz CT molecular complexity index is 939. The van der Waals surface area contributed by atoms with Crippen molar-refractivity contribution in [1.29, 1.82) is 5.26 Å². The van der Waals surface area contributed by atoms with E-state index in [1.54, 1.807) is 12.3 Å². The molecule has 4 rings (SSSR count). The summed E-state index contributed by atoms with van der Waals surface area (Å²) in [7, 11) is 0. The van der Waals surface area contributed by atoms with Crippen molar-refractivity contribution in [2.75, 3.05) is 6.54 Å². The molecule has 5 nitrogen and oxygen atoms in total. The summed E-state index contributed by atoms with van der Waals surface area (Å²) in [5.74, 6) is -0.354. The molecule has 1 aromatic carbocycles. The summed E-state index contributed by atoms with van der Waals surface area (Å²) in [5, 5.41) is 13.4. The Hall–Kier alpha value is -3.04. The zero-order chi connectivity index (χ0) is 17.2. The molecule has 1 aliphatic rings. The van der Waals surface area contributed by atoms with Crippen molar-refractivity contribution < 1.29 is 4.39 Å². The van der Waals surface area contributed by atoms with Crippen LogP contribution in [0, 0.1) is 17.1 Å². The largest absolute Gasteiger partial charge is 0.291 e. The van der Waals surface area contributed by atoms with E-state index in [2.05, 4.69) is 21.1 Å². The SMILES string of the molecule is N#Cc1ccc(CN2CCn3nc(-c4ncccc4F)cc3C2)cc1. The molecule has 3 aromatic rings. The average molecular weight is 333 g/mol. The highest BCUT2D eigenvalue weighted by atomic mass is 19.1. The lowest BCUT2D eigenvalue weighted by Gasteiger charge is -2.27. The maximum absolute atomic E-state index is 13.9. The van der Waals surface area contributed by atoms with Gasteiger partial charge < -0.3 is 0 Å². The van der Waals surface area contributed by atoms with Crippen LogP contribution in [0.25, 0.3) is 11.4 Å². The van der Waals surface area contributed by atoms with Crippen molar-refractivity contribution in [3.63, 3.8) is 0 Å². The van der Waals surface area contributed by atoms with Crippen molar-refractivity contribution in [2.45, 2.75) is 19.6 Å². The van der Waals surface area contributed by atoms with Gasteiger partial charge in [-0.25, -0.2) is 4.39 Å². The number of hydrogen-bond acceptors (Lipinski definition) is 4. The zero-order valence-corrected chi connectivity index (χ0v) is 13.6. The molecule has 2 aromatic heterocycles. The predicted octanol–water partition coefficient (Wildman–Crippen LogP) is 2.97. The highest BCUT2D eigenvalue weighted by molar-refractivity contribution is 5.55. The van der Waals surface area contributed by atoms with Crippen LogP contribution in [0.2, 0.25) is 0 Å². The molecule has 0 atom stereocenters. The third-order valence-corrected chi connectivity index (χ3v) is 4.37. The molecule has 0 saturated carbocycles. The Morgan fingerprint density at radius 3 is 2.76 bits per heavy atom. The Labute approximate surface area is 145 Å². The number of aromatic nitrogens is 3. The molecule has 0 fully saturated rings. The van der Waals surface area contributed by atoms with Gasteiger partial charge in [-0.1, -0.05) is 12.1 Å². The standard InChI is InChI=1S/C19H16FN5/c20-17-2-1-7-22-19(17)18-10-16-13-24(8-9-25(16)23-18)12-15-5-3-14(11-21)4-6-15/h1-7,10H,8-9,12-13H2. The van der Waals surface area contributed by atoms with Gasteiger partial charge in [0.25, 0.3) is 0 Å². The van der Waals surface area contributed by atoms with Crippen LogP contribution in [0.5, 0.6) is 0 Å². The van der Waals surface area contributed by atoms with Crippen LogP contribution in [-0.4, -0.2) is 26.2 Å². The fourth-order valence-electron chi connectivity index (χ4n) is 3.09. The van der Waals surface area contributed by atoms with Crippen LogP contribution in [0.4, 0.5) is 4.39 Å². The number of fused-ring (bicyclic) bond motifs is 1. The third kappa shape index (κ3) is 3.14. The fourth-order valence-corrected chi connectivity index (χ4v) is 3.09. The summed E-state index contributed by atoms with van der Waals surface area (Å²) >= 11 is 0. The van der Waals surface area contributed by atoms with Gasteiger partial charge >= 0.3 is 0 Å². The molecule has 0 aliphatic carbocycles. The van der Waals surface area contributed by atoms with Gasteiger partial charge in [0.05, 0.1) is 23.9 Å². The van der Waals surface area contributed by atoms with E-state index < -0.39 is 0 Å². The Kier molecular flexibility index (Phi) is 4.00. The minimum Gasteiger partial charge on any atom is -0.291 e. The van der Waals surface area contributed by atoms with E-state index in [1.807, 2.05) is 35.0 Å². The van der Waals surface area contributed by atoms with Crippen molar-refractivity contribution >= 4 is 0 Å². The van der Waals surface area contributed by atoms with Crippen LogP contribution < -0.4 is 0 Å². The predicted molar refractivity (Wildman–Crippen MR) is 90.7 cm³/mol. The lowest BCUT2D eigenvalue weighted by atomic mass is 10.1. The number of benzene rings is 1. The molecule has 6 heteroatoms. The Balaban J connectivity index is 1.51. The number of nitriles is 1. The first-order valence-electron chi connectivity index (χ1n) is 8.12. The van der Waals surface area contributed by atoms with E-state index >= 15 is 0 Å². The van der Waals surface area contributed by atoms with Gasteiger partial charge in [-0.15, -0.1) is 0 Å². The molecule has 1 aliphatic heterocycles. The summed E-state index contributed by atoms with van der Waals surface area (Å²) in [6.07, 6.45) is 1.58. The van der Waals surface area contributed by atoms with Crippen LogP contribution in [0.1, 0.15) is 16.8 Å². The normalized spacial score (nSPS) is 14.1. The first kappa shape index (κ1) is 15.5. The molecular formula is C19H16FN5. The minimum absolute atomic E-state index is 0.294. The average Bonchev–Trinajstić information content (AvgIpc) is 3.06. The van der Waals surface area contributed by atoms with Gasteiger partial charge in [0, 0.05) is 25.8 Å². The van der Waals surface area contributed by atoms with E-state index in [9.17, 15) is 4.39 Å².